The standard InChI is InChI=1S/C14H14BrFS/c1-8-6-11(4-5-13(8)16)14(15)12-7-9(2)17-10(12)3/h4-7,14H,1-3H3. The van der Waals surface area contributed by atoms with Gasteiger partial charge in [-0.25, -0.2) is 4.39 Å². The first kappa shape index (κ1) is 12.8. The van der Waals surface area contributed by atoms with E-state index >= 15 is 0 Å². The minimum atomic E-state index is -0.147. The Hall–Kier alpha value is -0.670. The van der Waals surface area contributed by atoms with Crippen LogP contribution in [0.25, 0.3) is 0 Å². The van der Waals surface area contributed by atoms with Crippen molar-refractivity contribution in [1.29, 1.82) is 0 Å². The molecule has 0 saturated heterocycles. The van der Waals surface area contributed by atoms with E-state index in [2.05, 4.69) is 35.8 Å². The quantitative estimate of drug-likeness (QED) is 0.660. The molecule has 17 heavy (non-hydrogen) atoms. The van der Waals surface area contributed by atoms with Gasteiger partial charge in [0.15, 0.2) is 0 Å². The second kappa shape index (κ2) is 4.91. The van der Waals surface area contributed by atoms with Gasteiger partial charge in [0.05, 0.1) is 4.83 Å². The topological polar surface area (TPSA) is 0 Å². The lowest BCUT2D eigenvalue weighted by molar-refractivity contribution is 0.618. The number of rotatable bonds is 2. The molecule has 1 aromatic heterocycles. The molecule has 2 rings (SSSR count). The highest BCUT2D eigenvalue weighted by Crippen LogP contribution is 2.36. The van der Waals surface area contributed by atoms with E-state index in [0.717, 1.165) is 5.56 Å². The zero-order valence-electron chi connectivity index (χ0n) is 10.1. The number of thiophene rings is 1. The second-order valence-electron chi connectivity index (χ2n) is 4.24. The van der Waals surface area contributed by atoms with Crippen LogP contribution in [0.2, 0.25) is 0 Å². The maximum absolute atomic E-state index is 13.2. The highest BCUT2D eigenvalue weighted by Gasteiger charge is 2.15. The molecule has 0 aliphatic rings. The summed E-state index contributed by atoms with van der Waals surface area (Å²) in [6, 6.07) is 7.47. The Morgan fingerprint density at radius 2 is 1.88 bits per heavy atom. The molecule has 0 radical (unpaired) electrons. The van der Waals surface area contributed by atoms with Gasteiger partial charge < -0.3 is 0 Å². The summed E-state index contributed by atoms with van der Waals surface area (Å²) in [5.74, 6) is -0.147. The largest absolute Gasteiger partial charge is 0.207 e. The van der Waals surface area contributed by atoms with Crippen LogP contribution in [0.3, 0.4) is 0 Å². The second-order valence-corrected chi connectivity index (χ2v) is 6.62. The molecule has 0 aliphatic heterocycles. The summed E-state index contributed by atoms with van der Waals surface area (Å²) in [5.41, 5.74) is 3.07. The van der Waals surface area contributed by atoms with Gasteiger partial charge in [0.2, 0.25) is 0 Å². The number of aryl methyl sites for hydroxylation is 3. The first-order valence-electron chi connectivity index (χ1n) is 5.46. The normalized spacial score (nSPS) is 12.8. The third-order valence-electron chi connectivity index (χ3n) is 2.83. The van der Waals surface area contributed by atoms with Crippen LogP contribution in [-0.4, -0.2) is 0 Å². The first-order valence-corrected chi connectivity index (χ1v) is 7.19. The summed E-state index contributed by atoms with van der Waals surface area (Å²) in [5, 5.41) is 0. The predicted octanol–water partition coefficient (Wildman–Crippen LogP) is 5.30. The van der Waals surface area contributed by atoms with Gasteiger partial charge >= 0.3 is 0 Å². The molecule has 0 fully saturated rings. The highest BCUT2D eigenvalue weighted by atomic mass is 79.9. The molecule has 0 nitrogen and oxygen atoms in total. The lowest BCUT2D eigenvalue weighted by atomic mass is 10.0. The van der Waals surface area contributed by atoms with Gasteiger partial charge in [0.25, 0.3) is 0 Å². The molecule has 0 amide bonds. The Kier molecular flexibility index (Phi) is 3.69. The van der Waals surface area contributed by atoms with E-state index in [-0.39, 0.29) is 10.6 Å². The molecule has 3 heteroatoms. The van der Waals surface area contributed by atoms with Crippen LogP contribution in [0.4, 0.5) is 4.39 Å². The van der Waals surface area contributed by atoms with Crippen molar-refractivity contribution >= 4 is 27.3 Å². The molecule has 0 aliphatic carbocycles. The van der Waals surface area contributed by atoms with E-state index in [0.29, 0.717) is 5.56 Å². The number of hydrogen-bond donors (Lipinski definition) is 0. The molecule has 1 aromatic carbocycles. The third-order valence-corrected chi connectivity index (χ3v) is 4.83. The van der Waals surface area contributed by atoms with Crippen molar-refractivity contribution in [3.63, 3.8) is 0 Å². The maximum atomic E-state index is 13.2. The Bertz CT molecular complexity index is 545. The fourth-order valence-corrected chi connectivity index (χ4v) is 3.78. The van der Waals surface area contributed by atoms with Crippen LogP contribution in [0.15, 0.2) is 24.3 Å². The van der Waals surface area contributed by atoms with Gasteiger partial charge in [-0.3, -0.25) is 0 Å². The maximum Gasteiger partial charge on any atom is 0.126 e. The Labute approximate surface area is 114 Å². The van der Waals surface area contributed by atoms with Crippen molar-refractivity contribution in [2.45, 2.75) is 25.6 Å². The van der Waals surface area contributed by atoms with Crippen molar-refractivity contribution in [2.75, 3.05) is 0 Å². The molecule has 1 atom stereocenters. The van der Waals surface area contributed by atoms with Crippen molar-refractivity contribution in [2.24, 2.45) is 0 Å². The molecular weight excluding hydrogens is 299 g/mol. The summed E-state index contributed by atoms with van der Waals surface area (Å²) < 4.78 is 13.2. The van der Waals surface area contributed by atoms with Gasteiger partial charge in [-0.2, -0.15) is 0 Å². The van der Waals surface area contributed by atoms with E-state index in [1.165, 1.54) is 21.4 Å². The fourth-order valence-electron chi connectivity index (χ4n) is 1.91. The fraction of sp³-hybridized carbons (Fsp3) is 0.286. The zero-order chi connectivity index (χ0) is 12.6. The average Bonchev–Trinajstić information content (AvgIpc) is 2.61. The van der Waals surface area contributed by atoms with E-state index in [1.807, 2.05) is 12.1 Å². The summed E-state index contributed by atoms with van der Waals surface area (Å²) in [7, 11) is 0. The summed E-state index contributed by atoms with van der Waals surface area (Å²) in [4.78, 5) is 2.76. The Morgan fingerprint density at radius 1 is 1.18 bits per heavy atom. The van der Waals surface area contributed by atoms with Crippen molar-refractivity contribution < 1.29 is 4.39 Å². The predicted molar refractivity (Wildman–Crippen MR) is 75.7 cm³/mol. The minimum absolute atomic E-state index is 0.145. The molecule has 1 heterocycles. The Balaban J connectivity index is 2.40. The summed E-state index contributed by atoms with van der Waals surface area (Å²) in [6.07, 6.45) is 0. The van der Waals surface area contributed by atoms with E-state index in [9.17, 15) is 4.39 Å². The van der Waals surface area contributed by atoms with E-state index in [1.54, 1.807) is 18.3 Å². The van der Waals surface area contributed by atoms with E-state index < -0.39 is 0 Å². The van der Waals surface area contributed by atoms with Crippen LogP contribution >= 0.6 is 27.3 Å². The molecule has 1 unspecified atom stereocenters. The van der Waals surface area contributed by atoms with Gasteiger partial charge in [-0.15, -0.1) is 11.3 Å². The average molecular weight is 313 g/mol. The number of hydrogen-bond acceptors (Lipinski definition) is 1. The highest BCUT2D eigenvalue weighted by molar-refractivity contribution is 9.09. The number of alkyl halides is 1. The Morgan fingerprint density at radius 3 is 2.41 bits per heavy atom. The SMILES string of the molecule is Cc1cc(C(Br)c2ccc(F)c(C)c2)c(C)s1. The van der Waals surface area contributed by atoms with Crippen LogP contribution in [0.1, 0.15) is 31.3 Å². The minimum Gasteiger partial charge on any atom is -0.207 e. The number of halogens is 2. The van der Waals surface area contributed by atoms with E-state index in [4.69, 9.17) is 0 Å². The van der Waals surface area contributed by atoms with Crippen molar-refractivity contribution in [3.8, 4) is 0 Å². The van der Waals surface area contributed by atoms with Crippen LogP contribution in [-0.2, 0) is 0 Å². The number of benzene rings is 1. The molecule has 0 N–H and O–H groups in total. The molecule has 90 valence electrons. The summed E-state index contributed by atoms with van der Waals surface area (Å²) >= 11 is 5.50. The van der Waals surface area contributed by atoms with Gasteiger partial charge in [0, 0.05) is 9.75 Å². The molecular formula is C14H14BrFS. The van der Waals surface area contributed by atoms with Gasteiger partial charge in [-0.1, -0.05) is 28.1 Å². The lowest BCUT2D eigenvalue weighted by Crippen LogP contribution is -1.94. The first-order chi connectivity index (χ1) is 7.99. The zero-order valence-corrected chi connectivity index (χ0v) is 12.5. The summed E-state index contributed by atoms with van der Waals surface area (Å²) in [6.45, 7) is 6.03. The van der Waals surface area contributed by atoms with Gasteiger partial charge in [-0.05, 0) is 49.6 Å². The lowest BCUT2D eigenvalue weighted by Gasteiger charge is -2.11. The van der Waals surface area contributed by atoms with Crippen molar-refractivity contribution in [3.05, 3.63) is 56.5 Å². The molecule has 0 spiro atoms. The monoisotopic (exact) mass is 312 g/mol. The smallest absolute Gasteiger partial charge is 0.126 e. The molecule has 0 bridgehead atoms. The van der Waals surface area contributed by atoms with Crippen LogP contribution < -0.4 is 0 Å². The third kappa shape index (κ3) is 2.61. The molecule has 0 saturated carbocycles. The van der Waals surface area contributed by atoms with Crippen molar-refractivity contribution in [1.82, 2.24) is 0 Å². The molecule has 2 aromatic rings. The van der Waals surface area contributed by atoms with Crippen LogP contribution in [0.5, 0.6) is 0 Å². The van der Waals surface area contributed by atoms with Gasteiger partial charge in [0.1, 0.15) is 5.82 Å². The van der Waals surface area contributed by atoms with Crippen LogP contribution in [0, 0.1) is 26.6 Å².